The maximum absolute atomic E-state index is 12.6. The summed E-state index contributed by atoms with van der Waals surface area (Å²) in [6, 6.07) is 0. The van der Waals surface area contributed by atoms with Crippen LogP contribution in [0.2, 0.25) is 0 Å². The van der Waals surface area contributed by atoms with Crippen LogP contribution in [0.5, 0.6) is 0 Å². The van der Waals surface area contributed by atoms with Crippen molar-refractivity contribution in [2.75, 3.05) is 25.4 Å². The van der Waals surface area contributed by atoms with Gasteiger partial charge in [0.25, 0.3) is 0 Å². The van der Waals surface area contributed by atoms with E-state index in [0.29, 0.717) is 25.9 Å². The molecular formula is C10H20N2O4S2. The molecule has 0 spiro atoms. The van der Waals surface area contributed by atoms with Gasteiger partial charge in [0.15, 0.2) is 9.84 Å². The van der Waals surface area contributed by atoms with E-state index in [-0.39, 0.29) is 12.3 Å². The number of nitrogens with one attached hydrogen (secondary N) is 1. The van der Waals surface area contributed by atoms with Crippen molar-refractivity contribution in [3.63, 3.8) is 0 Å². The zero-order valence-electron chi connectivity index (χ0n) is 10.7. The third-order valence-corrected chi connectivity index (χ3v) is 8.59. The lowest BCUT2D eigenvalue weighted by molar-refractivity contribution is 0.376. The Balaban J connectivity index is 2.43. The van der Waals surface area contributed by atoms with Gasteiger partial charge in [-0.05, 0) is 26.7 Å². The second kappa shape index (κ2) is 4.43. The molecule has 0 aliphatic carbocycles. The molecule has 0 bridgehead atoms. The van der Waals surface area contributed by atoms with E-state index in [2.05, 4.69) is 5.32 Å². The first-order valence-corrected chi connectivity index (χ1v) is 9.28. The molecule has 1 N–H and O–H groups in total. The molecule has 0 aromatic carbocycles. The van der Waals surface area contributed by atoms with E-state index in [1.165, 1.54) is 4.31 Å². The lowest BCUT2D eigenvalue weighted by Gasteiger charge is -2.32. The lowest BCUT2D eigenvalue weighted by Crippen LogP contribution is -2.51. The van der Waals surface area contributed by atoms with E-state index in [1.54, 1.807) is 13.8 Å². The Labute approximate surface area is 109 Å². The Morgan fingerprint density at radius 3 is 2.44 bits per heavy atom. The van der Waals surface area contributed by atoms with Gasteiger partial charge in [0, 0.05) is 19.6 Å². The SMILES string of the molecule is CC1(C)CNCCN(C2CCCS2(=O)=O)S1(=O)=O. The molecule has 2 aliphatic heterocycles. The summed E-state index contributed by atoms with van der Waals surface area (Å²) < 4.78 is 49.2. The number of rotatable bonds is 1. The molecule has 1 atom stereocenters. The third-order valence-electron chi connectivity index (χ3n) is 3.68. The number of sulfone groups is 1. The summed E-state index contributed by atoms with van der Waals surface area (Å²) in [7, 11) is -6.91. The normalized spacial score (nSPS) is 35.1. The lowest BCUT2D eigenvalue weighted by atomic mass is 10.2. The van der Waals surface area contributed by atoms with Crippen molar-refractivity contribution in [3.05, 3.63) is 0 Å². The number of hydrogen-bond donors (Lipinski definition) is 1. The highest BCUT2D eigenvalue weighted by molar-refractivity contribution is 7.94. The van der Waals surface area contributed by atoms with Crippen LogP contribution >= 0.6 is 0 Å². The molecule has 2 heterocycles. The maximum atomic E-state index is 12.6. The molecule has 0 aromatic rings. The van der Waals surface area contributed by atoms with Crippen molar-refractivity contribution >= 4 is 19.9 Å². The summed E-state index contributed by atoms with van der Waals surface area (Å²) in [4.78, 5) is 0. The van der Waals surface area contributed by atoms with Crippen molar-refractivity contribution in [2.45, 2.75) is 36.8 Å². The monoisotopic (exact) mass is 296 g/mol. The minimum Gasteiger partial charge on any atom is -0.314 e. The Hall–Kier alpha value is -0.180. The third kappa shape index (κ3) is 2.19. The van der Waals surface area contributed by atoms with Gasteiger partial charge in [0.1, 0.15) is 5.37 Å². The van der Waals surface area contributed by atoms with Gasteiger partial charge in [-0.25, -0.2) is 16.8 Å². The second-order valence-electron chi connectivity index (χ2n) is 5.52. The highest BCUT2D eigenvalue weighted by atomic mass is 32.2. The van der Waals surface area contributed by atoms with E-state index in [9.17, 15) is 16.8 Å². The minimum absolute atomic E-state index is 0.0948. The van der Waals surface area contributed by atoms with Crippen molar-refractivity contribution < 1.29 is 16.8 Å². The van der Waals surface area contributed by atoms with E-state index in [1.807, 2.05) is 0 Å². The number of nitrogens with zero attached hydrogens (tertiary/aromatic N) is 1. The highest BCUT2D eigenvalue weighted by Crippen LogP contribution is 2.31. The standard InChI is InChI=1S/C10H20N2O4S2/c1-10(2)8-11-5-6-12(18(10,15)16)9-4-3-7-17(9,13)14/h9,11H,3-8H2,1-2H3. The van der Waals surface area contributed by atoms with Gasteiger partial charge in [-0.2, -0.15) is 4.31 Å². The average Bonchev–Trinajstić information content (AvgIpc) is 2.52. The van der Waals surface area contributed by atoms with Gasteiger partial charge in [0.05, 0.1) is 10.5 Å². The molecule has 0 aromatic heterocycles. The Kier molecular flexibility index (Phi) is 3.50. The van der Waals surface area contributed by atoms with Crippen molar-refractivity contribution in [1.29, 1.82) is 0 Å². The largest absolute Gasteiger partial charge is 0.314 e. The van der Waals surface area contributed by atoms with E-state index < -0.39 is 30.0 Å². The Morgan fingerprint density at radius 2 is 1.89 bits per heavy atom. The fourth-order valence-electron chi connectivity index (χ4n) is 2.50. The zero-order chi connectivity index (χ0) is 13.6. The van der Waals surface area contributed by atoms with Crippen LogP contribution in [0.1, 0.15) is 26.7 Å². The summed E-state index contributed by atoms with van der Waals surface area (Å²) in [5, 5.41) is 2.20. The van der Waals surface area contributed by atoms with Crippen LogP contribution in [0.25, 0.3) is 0 Å². The first kappa shape index (κ1) is 14.2. The second-order valence-corrected chi connectivity index (χ2v) is 10.3. The van der Waals surface area contributed by atoms with Gasteiger partial charge in [-0.1, -0.05) is 0 Å². The first-order valence-electron chi connectivity index (χ1n) is 6.12. The smallest absolute Gasteiger partial charge is 0.221 e. The predicted molar refractivity (Wildman–Crippen MR) is 69.4 cm³/mol. The summed E-state index contributed by atoms with van der Waals surface area (Å²) in [6.45, 7) is 4.34. The van der Waals surface area contributed by atoms with Gasteiger partial charge >= 0.3 is 0 Å². The van der Waals surface area contributed by atoms with Crippen molar-refractivity contribution in [3.8, 4) is 0 Å². The number of sulfonamides is 1. The summed E-state index contributed by atoms with van der Waals surface area (Å²) in [5.41, 5.74) is 0. The Bertz CT molecular complexity index is 524. The molecule has 0 radical (unpaired) electrons. The van der Waals surface area contributed by atoms with Crippen LogP contribution in [-0.2, 0) is 19.9 Å². The summed E-state index contributed by atoms with van der Waals surface area (Å²) in [5.74, 6) is 0.0948. The van der Waals surface area contributed by atoms with Crippen LogP contribution in [0.3, 0.4) is 0 Å². The van der Waals surface area contributed by atoms with Gasteiger partial charge in [-0.15, -0.1) is 0 Å². The van der Waals surface area contributed by atoms with Crippen LogP contribution in [-0.4, -0.2) is 56.6 Å². The van der Waals surface area contributed by atoms with Crippen LogP contribution in [0, 0.1) is 0 Å². The first-order chi connectivity index (χ1) is 8.18. The zero-order valence-corrected chi connectivity index (χ0v) is 12.3. The molecule has 106 valence electrons. The van der Waals surface area contributed by atoms with Crippen molar-refractivity contribution in [1.82, 2.24) is 9.62 Å². The minimum atomic E-state index is -3.60. The number of hydrogen-bond acceptors (Lipinski definition) is 5. The van der Waals surface area contributed by atoms with Crippen LogP contribution in [0.15, 0.2) is 0 Å². The molecular weight excluding hydrogens is 276 g/mol. The highest BCUT2D eigenvalue weighted by Gasteiger charge is 2.48. The molecule has 6 nitrogen and oxygen atoms in total. The average molecular weight is 296 g/mol. The molecule has 2 fully saturated rings. The Morgan fingerprint density at radius 1 is 1.22 bits per heavy atom. The molecule has 2 rings (SSSR count). The topological polar surface area (TPSA) is 83.6 Å². The van der Waals surface area contributed by atoms with Crippen LogP contribution < -0.4 is 5.32 Å². The molecule has 2 aliphatic rings. The van der Waals surface area contributed by atoms with E-state index >= 15 is 0 Å². The fourth-order valence-corrected chi connectivity index (χ4v) is 6.73. The molecule has 0 saturated carbocycles. The van der Waals surface area contributed by atoms with Gasteiger partial charge in [-0.3, -0.25) is 0 Å². The molecule has 1 unspecified atom stereocenters. The maximum Gasteiger partial charge on any atom is 0.221 e. The van der Waals surface area contributed by atoms with Crippen LogP contribution in [0.4, 0.5) is 0 Å². The molecule has 8 heteroatoms. The summed E-state index contributed by atoms with van der Waals surface area (Å²) >= 11 is 0. The van der Waals surface area contributed by atoms with E-state index in [4.69, 9.17) is 0 Å². The fraction of sp³-hybridized carbons (Fsp3) is 1.00. The predicted octanol–water partition coefficient (Wildman–Crippen LogP) is -0.465. The quantitative estimate of drug-likeness (QED) is 0.707. The van der Waals surface area contributed by atoms with Crippen molar-refractivity contribution in [2.24, 2.45) is 0 Å². The molecule has 2 saturated heterocycles. The van der Waals surface area contributed by atoms with Gasteiger partial charge < -0.3 is 5.32 Å². The molecule has 18 heavy (non-hydrogen) atoms. The van der Waals surface area contributed by atoms with E-state index in [0.717, 1.165) is 0 Å². The summed E-state index contributed by atoms with van der Waals surface area (Å²) in [6.07, 6.45) is 0.963. The van der Waals surface area contributed by atoms with Gasteiger partial charge in [0.2, 0.25) is 10.0 Å². The molecule has 0 amide bonds.